The van der Waals surface area contributed by atoms with E-state index < -0.39 is 6.04 Å². The number of carbonyl (C=O) groups is 2. The predicted octanol–water partition coefficient (Wildman–Crippen LogP) is 3.39. The Bertz CT molecular complexity index is 745. The maximum atomic E-state index is 12.6. The topological polar surface area (TPSA) is 49.4 Å². The first-order chi connectivity index (χ1) is 10.6. The van der Waals surface area contributed by atoms with E-state index in [4.69, 9.17) is 11.6 Å². The van der Waals surface area contributed by atoms with Crippen molar-refractivity contribution < 1.29 is 9.59 Å². The number of para-hydroxylation sites is 2. The van der Waals surface area contributed by atoms with Crippen LogP contribution in [0.1, 0.15) is 12.0 Å². The molecule has 1 atom stereocenters. The summed E-state index contributed by atoms with van der Waals surface area (Å²) in [6.45, 7) is 1.95. The molecule has 1 heterocycles. The minimum absolute atomic E-state index is 0.123. The van der Waals surface area contributed by atoms with Crippen LogP contribution in [0.2, 0.25) is 5.02 Å². The van der Waals surface area contributed by atoms with Crippen LogP contribution >= 0.6 is 11.6 Å². The molecule has 5 heteroatoms. The fourth-order valence-corrected chi connectivity index (χ4v) is 2.77. The minimum Gasteiger partial charge on any atom is -0.373 e. The van der Waals surface area contributed by atoms with Gasteiger partial charge in [-0.25, -0.2) is 4.90 Å². The number of carbonyl (C=O) groups excluding carboxylic acids is 2. The number of hydrogen-bond acceptors (Lipinski definition) is 3. The Hall–Kier alpha value is -2.33. The molecule has 0 spiro atoms. The molecule has 2 amide bonds. The summed E-state index contributed by atoms with van der Waals surface area (Å²) in [4.78, 5) is 26.0. The van der Waals surface area contributed by atoms with Crippen molar-refractivity contribution >= 4 is 34.8 Å². The Kier molecular flexibility index (Phi) is 3.86. The summed E-state index contributed by atoms with van der Waals surface area (Å²) in [5, 5.41) is 3.54. The summed E-state index contributed by atoms with van der Waals surface area (Å²) in [7, 11) is 0. The van der Waals surface area contributed by atoms with Crippen LogP contribution < -0.4 is 10.2 Å². The zero-order valence-corrected chi connectivity index (χ0v) is 12.8. The van der Waals surface area contributed by atoms with Gasteiger partial charge in [0.05, 0.1) is 17.1 Å². The Balaban J connectivity index is 1.86. The van der Waals surface area contributed by atoms with Gasteiger partial charge in [-0.1, -0.05) is 41.9 Å². The second kappa shape index (κ2) is 5.81. The van der Waals surface area contributed by atoms with Gasteiger partial charge >= 0.3 is 0 Å². The van der Waals surface area contributed by atoms with Crippen molar-refractivity contribution in [2.75, 3.05) is 10.2 Å². The molecule has 0 bridgehead atoms. The van der Waals surface area contributed by atoms with E-state index in [9.17, 15) is 9.59 Å². The smallest absolute Gasteiger partial charge is 0.256 e. The summed E-state index contributed by atoms with van der Waals surface area (Å²) in [5.74, 6) is -0.523. The molecule has 0 saturated carbocycles. The van der Waals surface area contributed by atoms with E-state index in [1.165, 1.54) is 0 Å². The van der Waals surface area contributed by atoms with Gasteiger partial charge in [0, 0.05) is 5.69 Å². The fourth-order valence-electron chi connectivity index (χ4n) is 2.55. The van der Waals surface area contributed by atoms with Gasteiger partial charge in [-0.15, -0.1) is 0 Å². The predicted molar refractivity (Wildman–Crippen MR) is 87.2 cm³/mol. The number of halogens is 1. The van der Waals surface area contributed by atoms with Crippen molar-refractivity contribution in [1.29, 1.82) is 0 Å². The third kappa shape index (κ3) is 2.57. The highest BCUT2D eigenvalue weighted by atomic mass is 35.5. The van der Waals surface area contributed by atoms with Crippen molar-refractivity contribution in [2.24, 2.45) is 0 Å². The van der Waals surface area contributed by atoms with Crippen LogP contribution in [-0.4, -0.2) is 17.9 Å². The molecule has 4 nitrogen and oxygen atoms in total. The quantitative estimate of drug-likeness (QED) is 0.883. The van der Waals surface area contributed by atoms with Gasteiger partial charge < -0.3 is 5.32 Å². The first-order valence-corrected chi connectivity index (χ1v) is 7.39. The molecule has 2 aromatic carbocycles. The first kappa shape index (κ1) is 14.6. The molecule has 0 aromatic heterocycles. The molecule has 3 rings (SSSR count). The van der Waals surface area contributed by atoms with Crippen LogP contribution in [0.4, 0.5) is 11.4 Å². The molecule has 22 heavy (non-hydrogen) atoms. The van der Waals surface area contributed by atoms with E-state index >= 15 is 0 Å². The molecule has 1 aliphatic heterocycles. The standard InChI is InChI=1S/C17H15ClN2O2/c1-11-6-2-4-8-13(11)19-14-10-16(21)20(17(14)22)15-9-5-3-7-12(15)18/h2-9,14,19H,10H2,1H3/t14-/m1/s1. The molecule has 1 saturated heterocycles. The Morgan fingerprint density at radius 3 is 2.50 bits per heavy atom. The lowest BCUT2D eigenvalue weighted by atomic mass is 10.1. The van der Waals surface area contributed by atoms with E-state index in [1.54, 1.807) is 24.3 Å². The van der Waals surface area contributed by atoms with E-state index in [1.807, 2.05) is 31.2 Å². The van der Waals surface area contributed by atoms with E-state index in [2.05, 4.69) is 5.32 Å². The first-order valence-electron chi connectivity index (χ1n) is 7.01. The average molecular weight is 315 g/mol. The number of nitrogens with zero attached hydrogens (tertiary/aromatic N) is 1. The second-order valence-electron chi connectivity index (χ2n) is 5.23. The molecular formula is C17H15ClN2O2. The molecule has 1 fully saturated rings. The van der Waals surface area contributed by atoms with Crippen molar-refractivity contribution in [3.05, 3.63) is 59.1 Å². The summed E-state index contributed by atoms with van der Waals surface area (Å²) in [5.41, 5.74) is 2.32. The highest BCUT2D eigenvalue weighted by molar-refractivity contribution is 6.36. The zero-order valence-electron chi connectivity index (χ0n) is 12.0. The summed E-state index contributed by atoms with van der Waals surface area (Å²) in [6, 6.07) is 14.0. The van der Waals surface area contributed by atoms with E-state index in [0.717, 1.165) is 16.2 Å². The Morgan fingerprint density at radius 2 is 1.77 bits per heavy atom. The lowest BCUT2D eigenvalue weighted by molar-refractivity contribution is -0.121. The molecular weight excluding hydrogens is 300 g/mol. The van der Waals surface area contributed by atoms with Gasteiger partial charge in [0.1, 0.15) is 6.04 Å². The van der Waals surface area contributed by atoms with Crippen molar-refractivity contribution in [1.82, 2.24) is 0 Å². The lowest BCUT2D eigenvalue weighted by Crippen LogP contribution is -2.35. The SMILES string of the molecule is Cc1ccccc1N[C@@H]1CC(=O)N(c2ccccc2Cl)C1=O. The van der Waals surface area contributed by atoms with Crippen LogP contribution in [0.15, 0.2) is 48.5 Å². The molecule has 0 unspecified atom stereocenters. The zero-order chi connectivity index (χ0) is 15.7. The molecule has 1 N–H and O–H groups in total. The lowest BCUT2D eigenvalue weighted by Gasteiger charge is -2.17. The van der Waals surface area contributed by atoms with Crippen molar-refractivity contribution in [3.63, 3.8) is 0 Å². The van der Waals surface area contributed by atoms with Crippen LogP contribution in [-0.2, 0) is 9.59 Å². The summed E-state index contributed by atoms with van der Waals surface area (Å²) in [6.07, 6.45) is 0.123. The largest absolute Gasteiger partial charge is 0.373 e. The molecule has 0 aliphatic carbocycles. The minimum atomic E-state index is -0.565. The van der Waals surface area contributed by atoms with Gasteiger partial charge in [0.2, 0.25) is 5.91 Å². The number of imide groups is 1. The number of aryl methyl sites for hydroxylation is 1. The van der Waals surface area contributed by atoms with Gasteiger partial charge in [-0.2, -0.15) is 0 Å². The van der Waals surface area contributed by atoms with Crippen LogP contribution in [0.25, 0.3) is 0 Å². The van der Waals surface area contributed by atoms with E-state index in [0.29, 0.717) is 10.7 Å². The monoisotopic (exact) mass is 314 g/mol. The van der Waals surface area contributed by atoms with Crippen molar-refractivity contribution in [3.8, 4) is 0 Å². The molecule has 112 valence electrons. The summed E-state index contributed by atoms with van der Waals surface area (Å²) < 4.78 is 0. The number of rotatable bonds is 3. The van der Waals surface area contributed by atoms with Gasteiger partial charge in [-0.3, -0.25) is 9.59 Å². The highest BCUT2D eigenvalue weighted by Crippen LogP contribution is 2.31. The second-order valence-corrected chi connectivity index (χ2v) is 5.64. The van der Waals surface area contributed by atoms with Crippen LogP contribution in [0.3, 0.4) is 0 Å². The fraction of sp³-hybridized carbons (Fsp3) is 0.176. The maximum Gasteiger partial charge on any atom is 0.256 e. The molecule has 1 aliphatic rings. The van der Waals surface area contributed by atoms with Crippen LogP contribution in [0.5, 0.6) is 0 Å². The number of nitrogens with one attached hydrogen (secondary N) is 1. The average Bonchev–Trinajstić information content (AvgIpc) is 2.77. The highest BCUT2D eigenvalue weighted by Gasteiger charge is 2.40. The number of benzene rings is 2. The number of anilines is 2. The molecule has 0 radical (unpaired) electrons. The Labute approximate surface area is 133 Å². The normalized spacial score (nSPS) is 17.9. The van der Waals surface area contributed by atoms with Gasteiger partial charge in [-0.05, 0) is 30.7 Å². The third-order valence-corrected chi connectivity index (χ3v) is 4.03. The molecule has 2 aromatic rings. The number of amides is 2. The van der Waals surface area contributed by atoms with Crippen LogP contribution in [0, 0.1) is 6.92 Å². The third-order valence-electron chi connectivity index (χ3n) is 3.71. The Morgan fingerprint density at radius 1 is 1.09 bits per heavy atom. The number of hydrogen-bond donors (Lipinski definition) is 1. The summed E-state index contributed by atoms with van der Waals surface area (Å²) >= 11 is 6.10. The van der Waals surface area contributed by atoms with Gasteiger partial charge in [0.15, 0.2) is 0 Å². The maximum absolute atomic E-state index is 12.6. The van der Waals surface area contributed by atoms with E-state index in [-0.39, 0.29) is 18.2 Å². The van der Waals surface area contributed by atoms with Gasteiger partial charge in [0.25, 0.3) is 5.91 Å². The van der Waals surface area contributed by atoms with Crippen molar-refractivity contribution in [2.45, 2.75) is 19.4 Å².